The molecule has 1 aromatic carbocycles. The van der Waals surface area contributed by atoms with E-state index in [0.29, 0.717) is 62.5 Å². The van der Waals surface area contributed by atoms with Crippen molar-refractivity contribution in [1.29, 1.82) is 0 Å². The van der Waals surface area contributed by atoms with Crippen LogP contribution in [0.25, 0.3) is 0 Å². The third kappa shape index (κ3) is 4.76. The van der Waals surface area contributed by atoms with E-state index in [9.17, 15) is 9.59 Å². The van der Waals surface area contributed by atoms with Crippen molar-refractivity contribution in [3.05, 3.63) is 46.1 Å². The zero-order valence-electron chi connectivity index (χ0n) is 19.6. The number of amides is 2. The first kappa shape index (κ1) is 24.1. The monoisotopic (exact) mass is 488 g/mol. The summed E-state index contributed by atoms with van der Waals surface area (Å²) in [6, 6.07) is 6.87. The van der Waals surface area contributed by atoms with Crippen LogP contribution in [0.15, 0.2) is 24.3 Å². The molecular weight excluding hydrogens is 460 g/mol. The van der Waals surface area contributed by atoms with Crippen molar-refractivity contribution in [3.63, 3.8) is 0 Å². The standard InChI is InChI=1S/C24H29ClN4O5/c1-32-18-10-15-4-9-29(14-17(15)11-19(18)33-2)23(31)24(5-7-26-8-6-24)28-22(30)16-12-20(25)27-21(13-16)34-3/h10-13,26H,4-9,14H2,1-3H3,(H,28,30). The van der Waals surface area contributed by atoms with E-state index in [0.717, 1.165) is 11.1 Å². The number of benzene rings is 1. The van der Waals surface area contributed by atoms with E-state index in [-0.39, 0.29) is 22.8 Å². The van der Waals surface area contributed by atoms with Crippen LogP contribution in [0.4, 0.5) is 0 Å². The Morgan fingerprint density at radius 3 is 2.35 bits per heavy atom. The van der Waals surface area contributed by atoms with Gasteiger partial charge in [0.1, 0.15) is 10.7 Å². The van der Waals surface area contributed by atoms with Gasteiger partial charge in [-0.25, -0.2) is 4.98 Å². The topological polar surface area (TPSA) is 102 Å². The van der Waals surface area contributed by atoms with Crippen molar-refractivity contribution >= 4 is 23.4 Å². The van der Waals surface area contributed by atoms with E-state index >= 15 is 0 Å². The normalized spacial score (nSPS) is 16.9. The molecule has 1 fully saturated rings. The van der Waals surface area contributed by atoms with Gasteiger partial charge in [-0.3, -0.25) is 9.59 Å². The van der Waals surface area contributed by atoms with E-state index in [4.69, 9.17) is 25.8 Å². The maximum Gasteiger partial charge on any atom is 0.252 e. The number of methoxy groups -OCH3 is 3. The van der Waals surface area contributed by atoms with Crippen molar-refractivity contribution in [3.8, 4) is 17.4 Å². The van der Waals surface area contributed by atoms with Crippen LogP contribution < -0.4 is 24.8 Å². The lowest BCUT2D eigenvalue weighted by molar-refractivity contribution is -0.140. The highest BCUT2D eigenvalue weighted by atomic mass is 35.5. The van der Waals surface area contributed by atoms with E-state index < -0.39 is 5.54 Å². The first-order valence-corrected chi connectivity index (χ1v) is 11.5. The molecule has 0 bridgehead atoms. The number of ether oxygens (including phenoxy) is 3. The van der Waals surface area contributed by atoms with Crippen LogP contribution in [0.1, 0.15) is 34.3 Å². The predicted molar refractivity (Wildman–Crippen MR) is 127 cm³/mol. The number of fused-ring (bicyclic) bond motifs is 1. The van der Waals surface area contributed by atoms with E-state index in [1.54, 1.807) is 14.2 Å². The molecule has 0 aliphatic carbocycles. The Morgan fingerprint density at radius 2 is 1.71 bits per heavy atom. The quantitative estimate of drug-likeness (QED) is 0.601. The molecule has 9 nitrogen and oxygen atoms in total. The number of piperidine rings is 1. The number of carbonyl (C=O) groups excluding carboxylic acids is 2. The number of halogens is 1. The summed E-state index contributed by atoms with van der Waals surface area (Å²) in [4.78, 5) is 32.9. The summed E-state index contributed by atoms with van der Waals surface area (Å²) >= 11 is 6.05. The number of nitrogens with zero attached hydrogens (tertiary/aromatic N) is 2. The number of carbonyl (C=O) groups is 2. The first-order chi connectivity index (χ1) is 16.4. The molecule has 0 radical (unpaired) electrons. The van der Waals surface area contributed by atoms with Gasteiger partial charge in [0, 0.05) is 24.7 Å². The highest BCUT2D eigenvalue weighted by Gasteiger charge is 2.44. The Bertz CT molecular complexity index is 1090. The molecular formula is C24H29ClN4O5. The van der Waals surface area contributed by atoms with E-state index in [1.807, 2.05) is 17.0 Å². The second-order valence-corrected chi connectivity index (χ2v) is 8.85. The number of rotatable bonds is 6. The molecule has 0 atom stereocenters. The highest BCUT2D eigenvalue weighted by Crippen LogP contribution is 2.34. The Balaban J connectivity index is 1.59. The van der Waals surface area contributed by atoms with Crippen molar-refractivity contribution in [1.82, 2.24) is 20.5 Å². The van der Waals surface area contributed by atoms with Crippen LogP contribution in [0.3, 0.4) is 0 Å². The third-order valence-corrected chi connectivity index (χ3v) is 6.66. The third-order valence-electron chi connectivity index (χ3n) is 6.47. The lowest BCUT2D eigenvalue weighted by Crippen LogP contribution is -2.63. The number of hydrogen-bond donors (Lipinski definition) is 2. The summed E-state index contributed by atoms with van der Waals surface area (Å²) in [5.41, 5.74) is 1.42. The van der Waals surface area contributed by atoms with Gasteiger partial charge in [0.05, 0.1) is 21.3 Å². The Morgan fingerprint density at radius 1 is 1.03 bits per heavy atom. The molecule has 2 amide bonds. The summed E-state index contributed by atoms with van der Waals surface area (Å²) < 4.78 is 16.0. The molecule has 182 valence electrons. The summed E-state index contributed by atoms with van der Waals surface area (Å²) in [5, 5.41) is 6.46. The van der Waals surface area contributed by atoms with Gasteiger partial charge in [-0.1, -0.05) is 11.6 Å². The molecule has 34 heavy (non-hydrogen) atoms. The smallest absolute Gasteiger partial charge is 0.252 e. The molecule has 0 unspecified atom stereocenters. The highest BCUT2D eigenvalue weighted by molar-refractivity contribution is 6.29. The minimum atomic E-state index is -1.01. The van der Waals surface area contributed by atoms with Crippen molar-refractivity contribution in [2.45, 2.75) is 31.3 Å². The minimum Gasteiger partial charge on any atom is -0.493 e. The molecule has 4 rings (SSSR count). The summed E-state index contributed by atoms with van der Waals surface area (Å²) in [5.74, 6) is 1.07. The molecule has 10 heteroatoms. The fraction of sp³-hybridized carbons (Fsp3) is 0.458. The SMILES string of the molecule is COc1cc(C(=O)NC2(C(=O)N3CCc4cc(OC)c(OC)cc4C3)CCNCC2)cc(Cl)n1. The van der Waals surface area contributed by atoms with E-state index in [2.05, 4.69) is 15.6 Å². The Kier molecular flexibility index (Phi) is 7.13. The first-order valence-electron chi connectivity index (χ1n) is 11.2. The van der Waals surface area contributed by atoms with Gasteiger partial charge in [0.15, 0.2) is 11.5 Å². The number of hydrogen-bond acceptors (Lipinski definition) is 7. The van der Waals surface area contributed by atoms with Crippen LogP contribution in [0, 0.1) is 0 Å². The largest absolute Gasteiger partial charge is 0.493 e. The van der Waals surface area contributed by atoms with E-state index in [1.165, 1.54) is 19.2 Å². The fourth-order valence-electron chi connectivity index (χ4n) is 4.60. The van der Waals surface area contributed by atoms with Crippen LogP contribution in [-0.4, -0.2) is 68.2 Å². The van der Waals surface area contributed by atoms with Crippen LogP contribution >= 0.6 is 11.6 Å². The van der Waals surface area contributed by atoms with Gasteiger partial charge in [0.2, 0.25) is 11.8 Å². The zero-order chi connectivity index (χ0) is 24.3. The maximum atomic E-state index is 13.9. The second kappa shape index (κ2) is 10.1. The molecule has 1 saturated heterocycles. The second-order valence-electron chi connectivity index (χ2n) is 8.46. The summed E-state index contributed by atoms with van der Waals surface area (Å²) in [6.45, 7) is 2.25. The van der Waals surface area contributed by atoms with Gasteiger partial charge in [-0.05, 0) is 61.7 Å². The van der Waals surface area contributed by atoms with Crippen LogP contribution in [0.5, 0.6) is 17.4 Å². The fourth-order valence-corrected chi connectivity index (χ4v) is 4.80. The summed E-state index contributed by atoms with van der Waals surface area (Å²) in [6.07, 6.45) is 1.67. The molecule has 2 N–H and O–H groups in total. The minimum absolute atomic E-state index is 0.0881. The Hall–Kier alpha value is -3.04. The van der Waals surface area contributed by atoms with Gasteiger partial charge in [-0.15, -0.1) is 0 Å². The lowest BCUT2D eigenvalue weighted by atomic mass is 9.85. The summed E-state index contributed by atoms with van der Waals surface area (Å²) in [7, 11) is 4.66. The molecule has 3 heterocycles. The molecule has 2 aliphatic rings. The molecule has 1 aromatic heterocycles. The number of pyridine rings is 1. The van der Waals surface area contributed by atoms with Gasteiger partial charge < -0.3 is 29.7 Å². The Labute approximate surface area is 203 Å². The average Bonchev–Trinajstić information content (AvgIpc) is 2.87. The molecule has 2 aromatic rings. The van der Waals surface area contributed by atoms with Gasteiger partial charge >= 0.3 is 0 Å². The lowest BCUT2D eigenvalue weighted by Gasteiger charge is -2.42. The van der Waals surface area contributed by atoms with Gasteiger partial charge in [0.25, 0.3) is 5.91 Å². The molecule has 0 spiro atoms. The molecule has 0 saturated carbocycles. The average molecular weight is 489 g/mol. The number of nitrogens with one attached hydrogen (secondary N) is 2. The van der Waals surface area contributed by atoms with Crippen molar-refractivity contribution in [2.75, 3.05) is 41.0 Å². The predicted octanol–water partition coefficient (Wildman–Crippen LogP) is 2.20. The van der Waals surface area contributed by atoms with Crippen LogP contribution in [-0.2, 0) is 17.8 Å². The van der Waals surface area contributed by atoms with Gasteiger partial charge in [-0.2, -0.15) is 0 Å². The molecule has 2 aliphatic heterocycles. The van der Waals surface area contributed by atoms with Crippen LogP contribution in [0.2, 0.25) is 5.15 Å². The zero-order valence-corrected chi connectivity index (χ0v) is 20.3. The maximum absolute atomic E-state index is 13.9. The van der Waals surface area contributed by atoms with Crippen molar-refractivity contribution < 1.29 is 23.8 Å². The van der Waals surface area contributed by atoms with Crippen molar-refractivity contribution in [2.24, 2.45) is 0 Å². The number of aromatic nitrogens is 1.